The maximum Gasteiger partial charge on any atom is 0.190 e. The zero-order chi connectivity index (χ0) is 7.84. The van der Waals surface area contributed by atoms with Gasteiger partial charge in [0.05, 0.1) is 6.33 Å². The predicted molar refractivity (Wildman–Crippen MR) is 38.5 cm³/mol. The molecular formula is C5H7N5O2. The molecule has 0 spiro atoms. The fourth-order valence-electron chi connectivity index (χ4n) is 0.841. The summed E-state index contributed by atoms with van der Waals surface area (Å²) in [4.78, 5) is 10.2. The van der Waals surface area contributed by atoms with Crippen LogP contribution in [0.4, 0.5) is 0 Å². The highest BCUT2D eigenvalue weighted by molar-refractivity contribution is 5.67. The summed E-state index contributed by atoms with van der Waals surface area (Å²) in [5.41, 5.74) is 0.808. The quantitative estimate of drug-likeness (QED) is 0.422. The molecule has 0 bridgehead atoms. The lowest BCUT2D eigenvalue weighted by molar-refractivity contribution is 0.168. The zero-order valence-electron chi connectivity index (χ0n) is 5.94. The molecular weight excluding hydrogens is 162 g/mol. The summed E-state index contributed by atoms with van der Waals surface area (Å²) in [7, 11) is 0. The maximum absolute atomic E-state index is 8.95. The SMILES string of the molecule is N=c1c2[nH]cnc2ncn1O.O. The lowest BCUT2D eigenvalue weighted by Gasteiger charge is -1.93. The van der Waals surface area contributed by atoms with E-state index < -0.39 is 0 Å². The van der Waals surface area contributed by atoms with E-state index in [1.165, 1.54) is 6.33 Å². The number of H-pyrrole nitrogens is 1. The average Bonchev–Trinajstić information content (AvgIpc) is 2.45. The third kappa shape index (κ3) is 0.920. The maximum atomic E-state index is 8.95. The Balaban J connectivity index is 0.000000720. The van der Waals surface area contributed by atoms with Crippen LogP contribution < -0.4 is 5.49 Å². The van der Waals surface area contributed by atoms with Gasteiger partial charge in [-0.1, -0.05) is 0 Å². The second-order valence-corrected chi connectivity index (χ2v) is 2.04. The summed E-state index contributed by atoms with van der Waals surface area (Å²) in [5, 5.41) is 16.3. The monoisotopic (exact) mass is 169 g/mol. The van der Waals surface area contributed by atoms with Crippen LogP contribution in [-0.4, -0.2) is 30.4 Å². The van der Waals surface area contributed by atoms with Crippen molar-refractivity contribution >= 4 is 11.2 Å². The summed E-state index contributed by atoms with van der Waals surface area (Å²) in [6, 6.07) is 0. The van der Waals surface area contributed by atoms with E-state index in [2.05, 4.69) is 15.0 Å². The minimum Gasteiger partial charge on any atom is -0.425 e. The molecule has 0 amide bonds. The van der Waals surface area contributed by atoms with E-state index >= 15 is 0 Å². The standard InChI is InChI=1S/C5H5N5O.H2O/c6-4-3-5(8-1-7-3)9-2-10(4)11;/h1-2,6,11H,(H,7,8);1H2. The van der Waals surface area contributed by atoms with Crippen LogP contribution in [0, 0.1) is 5.41 Å². The summed E-state index contributed by atoms with van der Waals surface area (Å²) < 4.78 is 0.626. The number of aromatic nitrogens is 4. The first kappa shape index (κ1) is 8.21. The van der Waals surface area contributed by atoms with Gasteiger partial charge in [0.25, 0.3) is 0 Å². The Morgan fingerprint density at radius 3 is 3.00 bits per heavy atom. The van der Waals surface area contributed by atoms with Gasteiger partial charge in [0.1, 0.15) is 11.8 Å². The highest BCUT2D eigenvalue weighted by Crippen LogP contribution is 1.95. The molecule has 2 aromatic heterocycles. The van der Waals surface area contributed by atoms with Crippen molar-refractivity contribution in [1.29, 1.82) is 5.41 Å². The normalized spacial score (nSPS) is 9.67. The minimum atomic E-state index is -0.0486. The number of hydrogen-bond acceptors (Lipinski definition) is 4. The molecule has 0 radical (unpaired) electrons. The summed E-state index contributed by atoms with van der Waals surface area (Å²) >= 11 is 0. The Bertz CT molecular complexity index is 444. The molecule has 2 aromatic rings. The van der Waals surface area contributed by atoms with Gasteiger partial charge in [-0.25, -0.2) is 9.97 Å². The van der Waals surface area contributed by atoms with Crippen molar-refractivity contribution < 1.29 is 10.7 Å². The first-order valence-electron chi connectivity index (χ1n) is 2.93. The van der Waals surface area contributed by atoms with Crippen LogP contribution in [-0.2, 0) is 0 Å². The number of rotatable bonds is 0. The van der Waals surface area contributed by atoms with Crippen molar-refractivity contribution in [2.45, 2.75) is 0 Å². The molecule has 2 heterocycles. The zero-order valence-corrected chi connectivity index (χ0v) is 5.94. The molecule has 0 saturated carbocycles. The van der Waals surface area contributed by atoms with Crippen LogP contribution in [0.25, 0.3) is 11.2 Å². The van der Waals surface area contributed by atoms with Crippen molar-refractivity contribution in [2.75, 3.05) is 0 Å². The number of fused-ring (bicyclic) bond motifs is 1. The third-order valence-corrected chi connectivity index (χ3v) is 1.37. The van der Waals surface area contributed by atoms with Crippen molar-refractivity contribution in [3.63, 3.8) is 0 Å². The predicted octanol–water partition coefficient (Wildman–Crippen LogP) is -1.35. The number of aromatic amines is 1. The number of nitrogens with one attached hydrogen (secondary N) is 2. The smallest absolute Gasteiger partial charge is 0.190 e. The topological polar surface area (TPSA) is 122 Å². The van der Waals surface area contributed by atoms with Crippen LogP contribution in [0.15, 0.2) is 12.7 Å². The number of imidazole rings is 1. The third-order valence-electron chi connectivity index (χ3n) is 1.37. The molecule has 2 rings (SSSR count). The molecule has 5 N–H and O–H groups in total. The highest BCUT2D eigenvalue weighted by atomic mass is 16.5. The van der Waals surface area contributed by atoms with E-state index in [0.717, 1.165) is 6.33 Å². The van der Waals surface area contributed by atoms with Crippen molar-refractivity contribution in [3.8, 4) is 0 Å². The fraction of sp³-hybridized carbons (Fsp3) is 0. The molecule has 12 heavy (non-hydrogen) atoms. The molecule has 7 nitrogen and oxygen atoms in total. The Hall–Kier alpha value is -1.89. The van der Waals surface area contributed by atoms with Crippen LogP contribution in [0.2, 0.25) is 0 Å². The largest absolute Gasteiger partial charge is 0.425 e. The molecule has 0 unspecified atom stereocenters. The van der Waals surface area contributed by atoms with E-state index in [0.29, 0.717) is 15.9 Å². The first-order valence-corrected chi connectivity index (χ1v) is 2.93. The molecule has 0 aliphatic rings. The van der Waals surface area contributed by atoms with Gasteiger partial charge in [-0.15, -0.1) is 0 Å². The Morgan fingerprint density at radius 1 is 1.50 bits per heavy atom. The summed E-state index contributed by atoms with van der Waals surface area (Å²) in [5.74, 6) is 0. The Labute approximate surface area is 66.1 Å². The molecule has 0 saturated heterocycles. The first-order chi connectivity index (χ1) is 5.29. The van der Waals surface area contributed by atoms with Crippen molar-refractivity contribution in [2.24, 2.45) is 0 Å². The minimum absolute atomic E-state index is 0. The summed E-state index contributed by atoms with van der Waals surface area (Å²) in [6.07, 6.45) is 2.56. The van der Waals surface area contributed by atoms with Gasteiger partial charge in [0.15, 0.2) is 11.1 Å². The van der Waals surface area contributed by atoms with Gasteiger partial charge in [0, 0.05) is 0 Å². The van der Waals surface area contributed by atoms with E-state index in [4.69, 9.17) is 10.6 Å². The van der Waals surface area contributed by atoms with Crippen LogP contribution in [0.5, 0.6) is 0 Å². The molecule has 0 aliphatic heterocycles. The van der Waals surface area contributed by atoms with E-state index in [1.54, 1.807) is 0 Å². The van der Waals surface area contributed by atoms with Crippen LogP contribution in [0.1, 0.15) is 0 Å². The second kappa shape index (κ2) is 2.62. The summed E-state index contributed by atoms with van der Waals surface area (Å²) in [6.45, 7) is 0. The van der Waals surface area contributed by atoms with Crippen molar-refractivity contribution in [3.05, 3.63) is 18.1 Å². The molecule has 64 valence electrons. The highest BCUT2D eigenvalue weighted by Gasteiger charge is 1.99. The molecule has 0 aliphatic carbocycles. The van der Waals surface area contributed by atoms with Gasteiger partial charge in [-0.05, 0) is 0 Å². The average molecular weight is 169 g/mol. The Kier molecular flexibility index (Phi) is 1.80. The van der Waals surface area contributed by atoms with Crippen molar-refractivity contribution in [1.82, 2.24) is 19.7 Å². The molecule has 0 atom stereocenters. The number of hydrogen-bond donors (Lipinski definition) is 3. The van der Waals surface area contributed by atoms with Gasteiger partial charge in [0.2, 0.25) is 0 Å². The van der Waals surface area contributed by atoms with Gasteiger partial charge < -0.3 is 15.7 Å². The molecule has 7 heteroatoms. The second-order valence-electron chi connectivity index (χ2n) is 2.04. The van der Waals surface area contributed by atoms with Crippen LogP contribution >= 0.6 is 0 Å². The van der Waals surface area contributed by atoms with E-state index in [1.807, 2.05) is 0 Å². The molecule has 0 fully saturated rings. The lowest BCUT2D eigenvalue weighted by Crippen LogP contribution is -2.18. The molecule has 0 aromatic carbocycles. The van der Waals surface area contributed by atoms with Gasteiger partial charge in [-0.2, -0.15) is 4.73 Å². The lowest BCUT2D eigenvalue weighted by atomic mass is 10.5. The van der Waals surface area contributed by atoms with Crippen LogP contribution in [0.3, 0.4) is 0 Å². The van der Waals surface area contributed by atoms with E-state index in [-0.39, 0.29) is 11.0 Å². The van der Waals surface area contributed by atoms with E-state index in [9.17, 15) is 0 Å². The number of nitrogens with zero attached hydrogens (tertiary/aromatic N) is 3. The van der Waals surface area contributed by atoms with Gasteiger partial charge in [-0.3, -0.25) is 5.41 Å². The van der Waals surface area contributed by atoms with Gasteiger partial charge >= 0.3 is 0 Å². The Morgan fingerprint density at radius 2 is 2.25 bits per heavy atom. The fourth-order valence-corrected chi connectivity index (χ4v) is 0.841.